The minimum absolute atomic E-state index is 0.0705. The number of thiophene rings is 1. The van der Waals surface area contributed by atoms with E-state index in [4.69, 9.17) is 4.74 Å². The molecule has 2 heterocycles. The maximum atomic E-state index is 11.8. The summed E-state index contributed by atoms with van der Waals surface area (Å²) < 4.78 is 5.39. The second kappa shape index (κ2) is 8.14. The van der Waals surface area contributed by atoms with Crippen molar-refractivity contribution < 1.29 is 14.3 Å². The third kappa shape index (κ3) is 4.56. The van der Waals surface area contributed by atoms with Crippen LogP contribution < -0.4 is 15.4 Å². The topological polar surface area (TPSA) is 80.3 Å². The fourth-order valence-corrected chi connectivity index (χ4v) is 2.37. The number of carbonyl (C=O) groups is 2. The minimum atomic E-state index is -0.269. The highest BCUT2D eigenvalue weighted by molar-refractivity contribution is 7.08. The quantitative estimate of drug-likeness (QED) is 0.812. The third-order valence-corrected chi connectivity index (χ3v) is 3.48. The highest BCUT2D eigenvalue weighted by atomic mass is 32.1. The molecule has 0 radical (unpaired) electrons. The normalized spacial score (nSPS) is 10.0. The van der Waals surface area contributed by atoms with Crippen LogP contribution in [0.3, 0.4) is 0 Å². The second-order valence-electron chi connectivity index (χ2n) is 4.37. The zero-order valence-electron chi connectivity index (χ0n) is 12.2. The Morgan fingerprint density at radius 1 is 1.32 bits per heavy atom. The van der Waals surface area contributed by atoms with Crippen molar-refractivity contribution in [2.24, 2.45) is 0 Å². The average molecular weight is 319 g/mol. The summed E-state index contributed by atoms with van der Waals surface area (Å²) in [6, 6.07) is 5.33. The molecule has 2 aromatic heterocycles. The summed E-state index contributed by atoms with van der Waals surface area (Å²) in [4.78, 5) is 27.6. The van der Waals surface area contributed by atoms with Crippen LogP contribution in [0.4, 0.5) is 0 Å². The molecule has 0 aliphatic heterocycles. The van der Waals surface area contributed by atoms with E-state index in [1.165, 1.54) is 11.3 Å². The van der Waals surface area contributed by atoms with Crippen LogP contribution in [0.2, 0.25) is 0 Å². The number of nitrogens with one attached hydrogen (secondary N) is 2. The molecular formula is C15H17N3O3S. The van der Waals surface area contributed by atoms with E-state index in [1.54, 1.807) is 23.7 Å². The first kappa shape index (κ1) is 16.0. The van der Waals surface area contributed by atoms with Crippen LogP contribution >= 0.6 is 11.3 Å². The van der Waals surface area contributed by atoms with Gasteiger partial charge in [-0.1, -0.05) is 6.07 Å². The summed E-state index contributed by atoms with van der Waals surface area (Å²) in [7, 11) is 0. The van der Waals surface area contributed by atoms with Crippen LogP contribution in [0.25, 0.3) is 0 Å². The summed E-state index contributed by atoms with van der Waals surface area (Å²) in [5.74, 6) is -0.0183. The number of ether oxygens (including phenoxy) is 1. The van der Waals surface area contributed by atoms with Gasteiger partial charge in [-0.15, -0.1) is 0 Å². The molecule has 2 N–H and O–H groups in total. The number of aromatic nitrogens is 1. The number of amides is 2. The van der Waals surface area contributed by atoms with E-state index in [-0.39, 0.29) is 18.4 Å². The van der Waals surface area contributed by atoms with Crippen molar-refractivity contribution in [1.82, 2.24) is 15.6 Å². The Labute approximate surface area is 132 Å². The lowest BCUT2D eigenvalue weighted by atomic mass is 10.2. The lowest BCUT2D eigenvalue weighted by molar-refractivity contribution is -0.120. The zero-order chi connectivity index (χ0) is 15.8. The van der Waals surface area contributed by atoms with Gasteiger partial charge >= 0.3 is 0 Å². The molecule has 0 aliphatic rings. The summed E-state index contributed by atoms with van der Waals surface area (Å²) >= 11 is 1.43. The molecule has 2 amide bonds. The van der Waals surface area contributed by atoms with Crippen molar-refractivity contribution in [2.75, 3.05) is 13.2 Å². The predicted octanol–water partition coefficient (Wildman–Crippen LogP) is 1.59. The molecule has 6 nitrogen and oxygen atoms in total. The first-order chi connectivity index (χ1) is 10.7. The average Bonchev–Trinajstić information content (AvgIpc) is 3.06. The molecule has 0 fully saturated rings. The van der Waals surface area contributed by atoms with Gasteiger partial charge in [0.2, 0.25) is 11.8 Å². The molecule has 0 saturated heterocycles. The first-order valence-corrected chi connectivity index (χ1v) is 7.78. The van der Waals surface area contributed by atoms with Crippen LogP contribution in [-0.4, -0.2) is 29.9 Å². The Kier molecular flexibility index (Phi) is 5.91. The summed E-state index contributed by atoms with van der Waals surface area (Å²) in [6.45, 7) is 2.61. The fourth-order valence-electron chi connectivity index (χ4n) is 1.74. The summed E-state index contributed by atoms with van der Waals surface area (Å²) in [6.07, 6.45) is 1.64. The number of hydrogen-bond donors (Lipinski definition) is 2. The van der Waals surface area contributed by atoms with Crippen LogP contribution in [0.5, 0.6) is 5.88 Å². The monoisotopic (exact) mass is 319 g/mol. The van der Waals surface area contributed by atoms with Crippen LogP contribution in [-0.2, 0) is 11.3 Å². The Balaban J connectivity index is 1.79. The number of carbonyl (C=O) groups excluding carboxylic acids is 2. The third-order valence-electron chi connectivity index (χ3n) is 2.80. The van der Waals surface area contributed by atoms with E-state index in [9.17, 15) is 9.59 Å². The Morgan fingerprint density at radius 3 is 2.91 bits per heavy atom. The lowest BCUT2D eigenvalue weighted by Crippen LogP contribution is -2.36. The minimum Gasteiger partial charge on any atom is -0.478 e. The zero-order valence-corrected chi connectivity index (χ0v) is 13.0. The van der Waals surface area contributed by atoms with Crippen molar-refractivity contribution in [1.29, 1.82) is 0 Å². The van der Waals surface area contributed by atoms with E-state index < -0.39 is 0 Å². The number of hydrogen-bond acceptors (Lipinski definition) is 5. The van der Waals surface area contributed by atoms with Gasteiger partial charge in [0, 0.05) is 29.2 Å². The van der Waals surface area contributed by atoms with Gasteiger partial charge in [-0.25, -0.2) is 4.98 Å². The maximum Gasteiger partial charge on any atom is 0.252 e. The van der Waals surface area contributed by atoms with Gasteiger partial charge in [-0.2, -0.15) is 11.3 Å². The molecular weight excluding hydrogens is 302 g/mol. The van der Waals surface area contributed by atoms with Crippen molar-refractivity contribution in [3.8, 4) is 5.88 Å². The molecule has 0 spiro atoms. The molecule has 0 aromatic carbocycles. The van der Waals surface area contributed by atoms with E-state index >= 15 is 0 Å². The molecule has 0 unspecified atom stereocenters. The van der Waals surface area contributed by atoms with E-state index in [0.717, 1.165) is 5.56 Å². The molecule has 0 saturated carbocycles. The maximum absolute atomic E-state index is 11.8. The van der Waals surface area contributed by atoms with Gasteiger partial charge < -0.3 is 15.4 Å². The first-order valence-electron chi connectivity index (χ1n) is 6.84. The van der Waals surface area contributed by atoms with Crippen molar-refractivity contribution >= 4 is 23.2 Å². The van der Waals surface area contributed by atoms with Crippen LogP contribution in [0, 0.1) is 0 Å². The molecule has 7 heteroatoms. The van der Waals surface area contributed by atoms with E-state index in [1.807, 2.05) is 18.4 Å². The second-order valence-corrected chi connectivity index (χ2v) is 5.15. The Morgan fingerprint density at radius 2 is 2.18 bits per heavy atom. The SMILES string of the molecule is CCOc1ncccc1CNC(=O)CNC(=O)c1ccsc1. The molecule has 0 aliphatic carbocycles. The lowest BCUT2D eigenvalue weighted by Gasteiger charge is -2.10. The van der Waals surface area contributed by atoms with Gasteiger partial charge in [-0.3, -0.25) is 9.59 Å². The number of rotatable bonds is 7. The van der Waals surface area contributed by atoms with Gasteiger partial charge in [0.1, 0.15) is 0 Å². The fraction of sp³-hybridized carbons (Fsp3) is 0.267. The molecule has 0 bridgehead atoms. The predicted molar refractivity (Wildman–Crippen MR) is 83.9 cm³/mol. The van der Waals surface area contributed by atoms with E-state index in [2.05, 4.69) is 15.6 Å². The van der Waals surface area contributed by atoms with Crippen molar-refractivity contribution in [3.63, 3.8) is 0 Å². The van der Waals surface area contributed by atoms with Crippen molar-refractivity contribution in [3.05, 3.63) is 46.3 Å². The Bertz CT molecular complexity index is 629. The summed E-state index contributed by atoms with van der Waals surface area (Å²) in [5, 5.41) is 8.84. The number of pyridine rings is 1. The highest BCUT2D eigenvalue weighted by Crippen LogP contribution is 2.13. The van der Waals surface area contributed by atoms with Gasteiger partial charge in [0.15, 0.2) is 0 Å². The molecule has 116 valence electrons. The van der Waals surface area contributed by atoms with Gasteiger partial charge in [0.25, 0.3) is 5.91 Å². The van der Waals surface area contributed by atoms with Crippen LogP contribution in [0.1, 0.15) is 22.8 Å². The molecule has 0 atom stereocenters. The van der Waals surface area contributed by atoms with Gasteiger partial charge in [0.05, 0.1) is 13.2 Å². The highest BCUT2D eigenvalue weighted by Gasteiger charge is 2.09. The smallest absolute Gasteiger partial charge is 0.252 e. The van der Waals surface area contributed by atoms with Gasteiger partial charge in [-0.05, 0) is 24.4 Å². The molecule has 2 rings (SSSR count). The number of nitrogens with zero attached hydrogens (tertiary/aromatic N) is 1. The summed E-state index contributed by atoms with van der Waals surface area (Å²) in [5.41, 5.74) is 1.35. The standard InChI is InChI=1S/C15H17N3O3S/c1-2-21-15-11(4-3-6-16-15)8-17-13(19)9-18-14(20)12-5-7-22-10-12/h3-7,10H,2,8-9H2,1H3,(H,17,19)(H,18,20). The largest absolute Gasteiger partial charge is 0.478 e. The van der Waals surface area contributed by atoms with Crippen LogP contribution in [0.15, 0.2) is 35.2 Å². The molecule has 22 heavy (non-hydrogen) atoms. The van der Waals surface area contributed by atoms with Crippen molar-refractivity contribution in [2.45, 2.75) is 13.5 Å². The van der Waals surface area contributed by atoms with E-state index in [0.29, 0.717) is 24.6 Å². The molecule has 2 aromatic rings. The Hall–Kier alpha value is -2.41.